The van der Waals surface area contributed by atoms with E-state index in [-0.39, 0.29) is 5.69 Å². The van der Waals surface area contributed by atoms with E-state index in [9.17, 15) is 9.90 Å². The van der Waals surface area contributed by atoms with Crippen molar-refractivity contribution in [3.63, 3.8) is 0 Å². The lowest BCUT2D eigenvalue weighted by atomic mass is 9.98. The predicted octanol–water partition coefficient (Wildman–Crippen LogP) is 1.97. The van der Waals surface area contributed by atoms with Gasteiger partial charge in [-0.15, -0.1) is 0 Å². The van der Waals surface area contributed by atoms with Crippen molar-refractivity contribution in [1.29, 1.82) is 0 Å². The van der Waals surface area contributed by atoms with E-state index >= 15 is 0 Å². The Morgan fingerprint density at radius 3 is 2.83 bits per heavy atom. The molecule has 3 N–H and O–H groups in total. The Balaban J connectivity index is 1.69. The number of H-pyrrole nitrogens is 2. The van der Waals surface area contributed by atoms with E-state index < -0.39 is 6.10 Å². The van der Waals surface area contributed by atoms with Crippen molar-refractivity contribution < 1.29 is 5.11 Å². The molecule has 0 aliphatic carbocycles. The van der Waals surface area contributed by atoms with Crippen molar-refractivity contribution in [1.82, 2.24) is 20.1 Å². The minimum atomic E-state index is -0.458. The first kappa shape index (κ1) is 16.0. The Hall–Kier alpha value is -1.92. The summed E-state index contributed by atoms with van der Waals surface area (Å²) < 4.78 is 0. The summed E-state index contributed by atoms with van der Waals surface area (Å²) in [6.45, 7) is 1.59. The molecule has 0 amide bonds. The zero-order valence-corrected chi connectivity index (χ0v) is 13.2. The molecule has 0 saturated carbocycles. The Kier molecular flexibility index (Phi) is 5.25. The van der Waals surface area contributed by atoms with Gasteiger partial charge < -0.3 is 5.11 Å². The zero-order chi connectivity index (χ0) is 16.1. The van der Waals surface area contributed by atoms with Gasteiger partial charge in [-0.2, -0.15) is 5.10 Å². The number of benzene rings is 1. The first-order chi connectivity index (χ1) is 11.2. The number of aromatic nitrogens is 3. The van der Waals surface area contributed by atoms with Gasteiger partial charge in [-0.25, -0.2) is 9.89 Å². The average molecular weight is 316 g/mol. The van der Waals surface area contributed by atoms with Crippen LogP contribution in [0.5, 0.6) is 0 Å². The fraction of sp³-hybridized carbons (Fsp3) is 0.529. The van der Waals surface area contributed by atoms with E-state index in [0.717, 1.165) is 24.9 Å². The molecule has 3 rings (SSSR count). The molecule has 0 radical (unpaired) electrons. The average Bonchev–Trinajstić information content (AvgIpc) is 2.85. The number of hydrogen-bond donors (Lipinski definition) is 3. The van der Waals surface area contributed by atoms with E-state index in [0.29, 0.717) is 24.8 Å². The molecular weight excluding hydrogens is 292 g/mol. The van der Waals surface area contributed by atoms with Crippen LogP contribution in [0.1, 0.15) is 49.6 Å². The van der Waals surface area contributed by atoms with E-state index in [2.05, 4.69) is 20.1 Å². The number of aromatic amines is 2. The van der Waals surface area contributed by atoms with Gasteiger partial charge in [0.15, 0.2) is 0 Å². The molecule has 1 fully saturated rings. The molecule has 6 heteroatoms. The maximum Gasteiger partial charge on any atom is 0.340 e. The Morgan fingerprint density at radius 1 is 1.26 bits per heavy atom. The maximum absolute atomic E-state index is 11.2. The molecule has 2 atom stereocenters. The molecule has 2 aromatic rings. The van der Waals surface area contributed by atoms with Crippen LogP contribution in [0.4, 0.5) is 0 Å². The largest absolute Gasteiger partial charge is 0.388 e. The van der Waals surface area contributed by atoms with Crippen molar-refractivity contribution in [2.45, 2.75) is 50.8 Å². The van der Waals surface area contributed by atoms with Crippen molar-refractivity contribution in [3.05, 3.63) is 52.2 Å². The predicted molar refractivity (Wildman–Crippen MR) is 87.9 cm³/mol. The molecule has 2 unspecified atom stereocenters. The number of nitrogens with zero attached hydrogens (tertiary/aromatic N) is 2. The summed E-state index contributed by atoms with van der Waals surface area (Å²) in [7, 11) is 0. The van der Waals surface area contributed by atoms with Crippen LogP contribution in [0, 0.1) is 0 Å². The summed E-state index contributed by atoms with van der Waals surface area (Å²) in [5, 5.41) is 17.0. The molecule has 2 heterocycles. The monoisotopic (exact) mass is 316 g/mol. The maximum atomic E-state index is 11.2. The Morgan fingerprint density at radius 2 is 2.09 bits per heavy atom. The molecule has 124 valence electrons. The van der Waals surface area contributed by atoms with E-state index in [1.165, 1.54) is 12.8 Å². The SMILES string of the molecule is O=c1[nH]nc(CN2CCCCCC2CC(O)c2ccccc2)[nH]1. The van der Waals surface area contributed by atoms with E-state index in [4.69, 9.17) is 0 Å². The standard InChI is InChI=1S/C17H24N4O2/c22-15(13-7-3-1-4-8-13)11-14-9-5-2-6-10-21(14)12-16-18-17(23)20-19-16/h1,3-4,7-8,14-15,22H,2,5-6,9-12H2,(H2,18,19,20,23). The molecule has 6 nitrogen and oxygen atoms in total. The number of aliphatic hydroxyl groups excluding tert-OH is 1. The summed E-state index contributed by atoms with van der Waals surface area (Å²) in [5.74, 6) is 0.663. The van der Waals surface area contributed by atoms with Gasteiger partial charge in [0.05, 0.1) is 12.6 Å². The van der Waals surface area contributed by atoms with E-state index in [1.54, 1.807) is 0 Å². The smallest absolute Gasteiger partial charge is 0.340 e. The third-order valence-corrected chi connectivity index (χ3v) is 4.58. The highest BCUT2D eigenvalue weighted by atomic mass is 16.3. The second kappa shape index (κ2) is 7.57. The molecule has 23 heavy (non-hydrogen) atoms. The summed E-state index contributed by atoms with van der Waals surface area (Å²) in [4.78, 5) is 16.3. The van der Waals surface area contributed by atoms with Gasteiger partial charge in [0.25, 0.3) is 0 Å². The van der Waals surface area contributed by atoms with Gasteiger partial charge in [-0.05, 0) is 31.4 Å². The van der Waals surface area contributed by atoms with Gasteiger partial charge in [0.1, 0.15) is 5.82 Å². The number of rotatable bonds is 5. The third kappa shape index (κ3) is 4.30. The fourth-order valence-corrected chi connectivity index (χ4v) is 3.35. The van der Waals surface area contributed by atoms with Gasteiger partial charge in [0.2, 0.25) is 0 Å². The number of likely N-dealkylation sites (tertiary alicyclic amines) is 1. The van der Waals surface area contributed by atoms with Crippen LogP contribution in [-0.2, 0) is 6.54 Å². The lowest BCUT2D eigenvalue weighted by Crippen LogP contribution is -2.36. The number of aliphatic hydroxyl groups is 1. The lowest BCUT2D eigenvalue weighted by molar-refractivity contribution is 0.0961. The van der Waals surface area contributed by atoms with Crippen LogP contribution < -0.4 is 5.69 Å². The summed E-state index contributed by atoms with van der Waals surface area (Å²) in [6.07, 6.45) is 4.86. The summed E-state index contributed by atoms with van der Waals surface area (Å²) in [6, 6.07) is 10.1. The lowest BCUT2D eigenvalue weighted by Gasteiger charge is -2.30. The quantitative estimate of drug-likeness (QED) is 0.787. The van der Waals surface area contributed by atoms with Gasteiger partial charge in [-0.1, -0.05) is 43.2 Å². The Bertz CT molecular complexity index is 652. The van der Waals surface area contributed by atoms with Crippen molar-refractivity contribution in [2.75, 3.05) is 6.54 Å². The molecule has 0 bridgehead atoms. The van der Waals surface area contributed by atoms with Crippen LogP contribution in [-0.4, -0.2) is 37.8 Å². The highest BCUT2D eigenvalue weighted by Gasteiger charge is 2.25. The highest BCUT2D eigenvalue weighted by molar-refractivity contribution is 5.17. The summed E-state index contributed by atoms with van der Waals surface area (Å²) in [5.41, 5.74) is 0.695. The van der Waals surface area contributed by atoms with Gasteiger partial charge in [0, 0.05) is 6.04 Å². The first-order valence-electron chi connectivity index (χ1n) is 8.33. The zero-order valence-electron chi connectivity index (χ0n) is 13.2. The Labute approximate surface area is 135 Å². The van der Waals surface area contributed by atoms with Crippen molar-refractivity contribution >= 4 is 0 Å². The van der Waals surface area contributed by atoms with Crippen LogP contribution in [0.15, 0.2) is 35.1 Å². The van der Waals surface area contributed by atoms with Crippen LogP contribution in [0.25, 0.3) is 0 Å². The molecule has 1 aliphatic heterocycles. The van der Waals surface area contributed by atoms with Crippen LogP contribution in [0.3, 0.4) is 0 Å². The van der Waals surface area contributed by atoms with Crippen LogP contribution in [0.2, 0.25) is 0 Å². The second-order valence-corrected chi connectivity index (χ2v) is 6.26. The minimum absolute atomic E-state index is 0.268. The molecular formula is C17H24N4O2. The van der Waals surface area contributed by atoms with Gasteiger partial charge in [-0.3, -0.25) is 9.88 Å². The normalized spacial score (nSPS) is 21.0. The first-order valence-corrected chi connectivity index (χ1v) is 8.33. The van der Waals surface area contributed by atoms with Crippen molar-refractivity contribution in [3.8, 4) is 0 Å². The number of nitrogens with one attached hydrogen (secondary N) is 2. The second-order valence-electron chi connectivity index (χ2n) is 6.26. The molecule has 0 spiro atoms. The molecule has 1 aromatic heterocycles. The minimum Gasteiger partial charge on any atom is -0.388 e. The molecule has 1 aliphatic rings. The molecule has 1 saturated heterocycles. The van der Waals surface area contributed by atoms with E-state index in [1.807, 2.05) is 30.3 Å². The fourth-order valence-electron chi connectivity index (χ4n) is 3.35. The third-order valence-electron chi connectivity index (χ3n) is 4.58. The van der Waals surface area contributed by atoms with Gasteiger partial charge >= 0.3 is 5.69 Å². The number of hydrogen-bond acceptors (Lipinski definition) is 4. The summed E-state index contributed by atoms with van der Waals surface area (Å²) >= 11 is 0. The molecule has 1 aromatic carbocycles. The van der Waals surface area contributed by atoms with Crippen LogP contribution >= 0.6 is 0 Å². The highest BCUT2D eigenvalue weighted by Crippen LogP contribution is 2.27. The topological polar surface area (TPSA) is 85.0 Å². The van der Waals surface area contributed by atoms with Crippen molar-refractivity contribution in [2.24, 2.45) is 0 Å².